The standard InChI is InChI=1S/C18H28NO3P/c1-13(2)8-11-18(20)14(3)19-23(4,21)22-17-7-5-6-16(12-17)15-9-10-15/h5-7,12-15H,8-11H2,1-4H3,(H,19,21)/t14-,23?/m0/s1. The molecule has 0 spiro atoms. The van der Waals surface area contributed by atoms with Crippen molar-refractivity contribution in [1.82, 2.24) is 5.09 Å². The molecule has 5 heteroatoms. The van der Waals surface area contributed by atoms with E-state index in [1.54, 1.807) is 6.92 Å². The van der Waals surface area contributed by atoms with Crippen LogP contribution in [0.5, 0.6) is 5.75 Å². The van der Waals surface area contributed by atoms with Crippen molar-refractivity contribution in [3.8, 4) is 5.75 Å². The number of carbonyl (C=O) groups excluding carboxylic acids is 1. The van der Waals surface area contributed by atoms with Crippen LogP contribution >= 0.6 is 7.52 Å². The molecule has 1 unspecified atom stereocenters. The summed E-state index contributed by atoms with van der Waals surface area (Å²) in [4.78, 5) is 12.1. The molecule has 1 N–H and O–H groups in total. The van der Waals surface area contributed by atoms with Crippen molar-refractivity contribution < 1.29 is 13.9 Å². The summed E-state index contributed by atoms with van der Waals surface area (Å²) in [6, 6.07) is 7.32. The molecular weight excluding hydrogens is 309 g/mol. The molecule has 1 fully saturated rings. The number of rotatable bonds is 9. The van der Waals surface area contributed by atoms with Crippen LogP contribution in [0.3, 0.4) is 0 Å². The summed E-state index contributed by atoms with van der Waals surface area (Å²) < 4.78 is 18.3. The zero-order valence-corrected chi connectivity index (χ0v) is 15.4. The summed E-state index contributed by atoms with van der Waals surface area (Å²) >= 11 is 0. The normalized spacial score (nSPS) is 18.5. The van der Waals surface area contributed by atoms with Gasteiger partial charge >= 0.3 is 7.52 Å². The third-order valence-corrected chi connectivity index (χ3v) is 5.48. The number of Topliss-reactive ketones (excluding diaryl/α,β-unsaturated/α-hetero) is 1. The first-order valence-corrected chi connectivity index (χ1v) is 10.5. The van der Waals surface area contributed by atoms with Crippen molar-refractivity contribution in [1.29, 1.82) is 0 Å². The molecule has 0 amide bonds. The highest BCUT2D eigenvalue weighted by Gasteiger charge is 2.26. The van der Waals surface area contributed by atoms with Gasteiger partial charge in [0.15, 0.2) is 0 Å². The van der Waals surface area contributed by atoms with E-state index in [0.717, 1.165) is 6.42 Å². The maximum absolute atomic E-state index is 12.6. The Balaban J connectivity index is 1.91. The number of nitrogens with one attached hydrogen (secondary N) is 1. The maximum Gasteiger partial charge on any atom is 0.314 e. The first kappa shape index (κ1) is 18.2. The van der Waals surface area contributed by atoms with E-state index < -0.39 is 13.6 Å². The third kappa shape index (κ3) is 6.12. The van der Waals surface area contributed by atoms with Gasteiger partial charge in [-0.3, -0.25) is 9.36 Å². The molecule has 0 bridgehead atoms. The van der Waals surface area contributed by atoms with Crippen molar-refractivity contribution >= 4 is 13.3 Å². The molecule has 2 atom stereocenters. The predicted octanol–water partition coefficient (Wildman–Crippen LogP) is 4.75. The molecule has 1 aromatic rings. The topological polar surface area (TPSA) is 55.4 Å². The summed E-state index contributed by atoms with van der Waals surface area (Å²) in [5, 5.41) is 2.88. The van der Waals surface area contributed by atoms with Crippen LogP contribution < -0.4 is 9.61 Å². The molecule has 1 aliphatic rings. The molecule has 0 saturated heterocycles. The van der Waals surface area contributed by atoms with Crippen LogP contribution in [0.25, 0.3) is 0 Å². The SMILES string of the molecule is CC(C)CCC(=O)[C@H](C)NP(C)(=O)Oc1cccc(C2CC2)c1. The van der Waals surface area contributed by atoms with Gasteiger partial charge in [0.25, 0.3) is 0 Å². The van der Waals surface area contributed by atoms with Crippen LogP contribution in [0, 0.1) is 5.92 Å². The largest absolute Gasteiger partial charge is 0.433 e. The number of benzene rings is 1. The van der Waals surface area contributed by atoms with Gasteiger partial charge in [0.2, 0.25) is 0 Å². The average molecular weight is 337 g/mol. The first-order valence-electron chi connectivity index (χ1n) is 8.44. The van der Waals surface area contributed by atoms with Crippen LogP contribution in [-0.4, -0.2) is 18.5 Å². The maximum atomic E-state index is 12.6. The van der Waals surface area contributed by atoms with E-state index in [1.165, 1.54) is 25.1 Å². The number of hydrogen-bond acceptors (Lipinski definition) is 3. The molecule has 0 heterocycles. The van der Waals surface area contributed by atoms with E-state index in [2.05, 4.69) is 25.0 Å². The Labute approximate surface area is 139 Å². The monoisotopic (exact) mass is 337 g/mol. The first-order chi connectivity index (χ1) is 10.8. The zero-order valence-electron chi connectivity index (χ0n) is 14.5. The molecular formula is C18H28NO3P. The minimum Gasteiger partial charge on any atom is -0.433 e. The summed E-state index contributed by atoms with van der Waals surface area (Å²) in [5.74, 6) is 1.80. The summed E-state index contributed by atoms with van der Waals surface area (Å²) in [6.45, 7) is 7.46. The second-order valence-corrected chi connectivity index (χ2v) is 9.17. The van der Waals surface area contributed by atoms with Crippen molar-refractivity contribution in [2.75, 3.05) is 6.66 Å². The average Bonchev–Trinajstić information content (AvgIpc) is 3.28. The predicted molar refractivity (Wildman–Crippen MR) is 94.3 cm³/mol. The molecule has 0 radical (unpaired) electrons. The molecule has 23 heavy (non-hydrogen) atoms. The van der Waals surface area contributed by atoms with E-state index in [1.807, 2.05) is 18.2 Å². The summed E-state index contributed by atoms with van der Waals surface area (Å²) in [5.41, 5.74) is 1.24. The lowest BCUT2D eigenvalue weighted by Crippen LogP contribution is -2.32. The highest BCUT2D eigenvalue weighted by molar-refractivity contribution is 7.56. The van der Waals surface area contributed by atoms with Crippen molar-refractivity contribution in [2.24, 2.45) is 5.92 Å². The van der Waals surface area contributed by atoms with Gasteiger partial charge in [-0.2, -0.15) is 0 Å². The number of hydrogen-bond donors (Lipinski definition) is 1. The van der Waals surface area contributed by atoms with Gasteiger partial charge in [-0.15, -0.1) is 0 Å². The fourth-order valence-corrected chi connectivity index (χ4v) is 3.96. The van der Waals surface area contributed by atoms with Gasteiger partial charge in [0.05, 0.1) is 6.04 Å². The summed E-state index contributed by atoms with van der Waals surface area (Å²) in [6.07, 6.45) is 3.78. The van der Waals surface area contributed by atoms with Crippen molar-refractivity contribution in [2.45, 2.75) is 58.4 Å². The van der Waals surface area contributed by atoms with Gasteiger partial charge in [0, 0.05) is 13.1 Å². The number of carbonyl (C=O) groups is 1. The van der Waals surface area contributed by atoms with E-state index in [-0.39, 0.29) is 5.78 Å². The van der Waals surface area contributed by atoms with Gasteiger partial charge in [-0.05, 0) is 55.7 Å². The minimum atomic E-state index is -3.07. The molecule has 4 nitrogen and oxygen atoms in total. The lowest BCUT2D eigenvalue weighted by molar-refractivity contribution is -0.120. The molecule has 128 valence electrons. The molecule has 0 aliphatic heterocycles. The van der Waals surface area contributed by atoms with Crippen molar-refractivity contribution in [3.05, 3.63) is 29.8 Å². The Kier molecular flexibility index (Phi) is 6.05. The Bertz CT molecular complexity index is 596. The van der Waals surface area contributed by atoms with Crippen molar-refractivity contribution in [3.63, 3.8) is 0 Å². The van der Waals surface area contributed by atoms with Gasteiger partial charge in [-0.25, -0.2) is 5.09 Å². The second-order valence-electron chi connectivity index (χ2n) is 7.03. The smallest absolute Gasteiger partial charge is 0.314 e. The van der Waals surface area contributed by atoms with Crippen LogP contribution in [0.4, 0.5) is 0 Å². The Morgan fingerprint density at radius 3 is 2.65 bits per heavy atom. The Morgan fingerprint density at radius 2 is 2.04 bits per heavy atom. The van der Waals surface area contributed by atoms with E-state index >= 15 is 0 Å². The fourth-order valence-electron chi connectivity index (χ4n) is 2.54. The summed E-state index contributed by atoms with van der Waals surface area (Å²) in [7, 11) is -3.07. The lowest BCUT2D eigenvalue weighted by Gasteiger charge is -2.21. The van der Waals surface area contributed by atoms with E-state index in [0.29, 0.717) is 24.0 Å². The third-order valence-electron chi connectivity index (χ3n) is 4.07. The Morgan fingerprint density at radius 1 is 1.35 bits per heavy atom. The van der Waals surface area contributed by atoms with Gasteiger partial charge in [-0.1, -0.05) is 26.0 Å². The molecule has 1 saturated carbocycles. The van der Waals surface area contributed by atoms with E-state index in [9.17, 15) is 9.36 Å². The van der Waals surface area contributed by atoms with Crippen LogP contribution in [0.2, 0.25) is 0 Å². The molecule has 1 aromatic carbocycles. The van der Waals surface area contributed by atoms with Crippen LogP contribution in [-0.2, 0) is 9.36 Å². The Hall–Kier alpha value is -1.12. The zero-order chi connectivity index (χ0) is 17.0. The second kappa shape index (κ2) is 7.63. The molecule has 2 rings (SSSR count). The quantitative estimate of drug-likeness (QED) is 0.661. The fraction of sp³-hybridized carbons (Fsp3) is 0.611. The molecule has 0 aromatic heterocycles. The number of ketones is 1. The van der Waals surface area contributed by atoms with E-state index in [4.69, 9.17) is 4.52 Å². The van der Waals surface area contributed by atoms with Crippen LogP contribution in [0.1, 0.15) is 57.9 Å². The minimum absolute atomic E-state index is 0.0797. The molecule has 1 aliphatic carbocycles. The van der Waals surface area contributed by atoms with Crippen LogP contribution in [0.15, 0.2) is 24.3 Å². The van der Waals surface area contributed by atoms with Gasteiger partial charge in [0.1, 0.15) is 11.5 Å². The highest BCUT2D eigenvalue weighted by Crippen LogP contribution is 2.44. The van der Waals surface area contributed by atoms with Gasteiger partial charge < -0.3 is 4.52 Å². The highest BCUT2D eigenvalue weighted by atomic mass is 31.2. The lowest BCUT2D eigenvalue weighted by atomic mass is 10.0.